The lowest BCUT2D eigenvalue weighted by atomic mass is 9.99. The first-order valence-corrected chi connectivity index (χ1v) is 8.10. The van der Waals surface area contributed by atoms with Crippen LogP contribution in [0.3, 0.4) is 0 Å². The summed E-state index contributed by atoms with van der Waals surface area (Å²) in [5.74, 6) is 0.779. The SMILES string of the molecule is CN(C)c1ccncc1C(=O)Nc1cc(C2CCCOC2)nn1C. The molecular weight excluding hydrogens is 306 g/mol. The van der Waals surface area contributed by atoms with Crippen molar-refractivity contribution < 1.29 is 9.53 Å². The zero-order valence-electron chi connectivity index (χ0n) is 14.3. The second-order valence-electron chi connectivity index (χ2n) is 6.23. The average Bonchev–Trinajstić information content (AvgIpc) is 2.96. The van der Waals surface area contributed by atoms with Crippen LogP contribution in [0.15, 0.2) is 24.5 Å². The molecule has 2 aromatic rings. The molecule has 1 fully saturated rings. The molecule has 1 aliphatic heterocycles. The third kappa shape index (κ3) is 3.41. The predicted octanol–water partition coefficient (Wildman–Crippen LogP) is 2.03. The van der Waals surface area contributed by atoms with E-state index in [0.29, 0.717) is 23.9 Å². The van der Waals surface area contributed by atoms with Crippen molar-refractivity contribution in [3.63, 3.8) is 0 Å². The zero-order chi connectivity index (χ0) is 17.1. The van der Waals surface area contributed by atoms with E-state index in [9.17, 15) is 4.79 Å². The van der Waals surface area contributed by atoms with Crippen LogP contribution in [-0.2, 0) is 11.8 Å². The van der Waals surface area contributed by atoms with Gasteiger partial charge in [0.2, 0.25) is 0 Å². The Kier molecular flexibility index (Phi) is 4.80. The van der Waals surface area contributed by atoms with Crippen LogP contribution >= 0.6 is 0 Å². The molecule has 0 radical (unpaired) electrons. The van der Waals surface area contributed by atoms with E-state index in [1.807, 2.05) is 38.2 Å². The molecule has 1 saturated heterocycles. The number of ether oxygens (including phenoxy) is 1. The normalized spacial score (nSPS) is 17.5. The number of pyridine rings is 1. The highest BCUT2D eigenvalue weighted by Crippen LogP contribution is 2.26. The first-order valence-electron chi connectivity index (χ1n) is 8.10. The number of carbonyl (C=O) groups excluding carboxylic acids is 1. The van der Waals surface area contributed by atoms with E-state index in [-0.39, 0.29) is 5.91 Å². The lowest BCUT2D eigenvalue weighted by Crippen LogP contribution is -2.19. The average molecular weight is 329 g/mol. The van der Waals surface area contributed by atoms with Crippen molar-refractivity contribution in [3.8, 4) is 0 Å². The second-order valence-corrected chi connectivity index (χ2v) is 6.23. The van der Waals surface area contributed by atoms with Crippen molar-refractivity contribution in [2.45, 2.75) is 18.8 Å². The molecular formula is C17H23N5O2. The maximum atomic E-state index is 12.6. The zero-order valence-corrected chi connectivity index (χ0v) is 14.3. The van der Waals surface area contributed by atoms with Gasteiger partial charge in [0.25, 0.3) is 5.91 Å². The van der Waals surface area contributed by atoms with Gasteiger partial charge in [-0.25, -0.2) is 0 Å². The van der Waals surface area contributed by atoms with Gasteiger partial charge < -0.3 is 15.0 Å². The summed E-state index contributed by atoms with van der Waals surface area (Å²) >= 11 is 0. The van der Waals surface area contributed by atoms with Crippen molar-refractivity contribution in [2.75, 3.05) is 37.5 Å². The third-order valence-electron chi connectivity index (χ3n) is 4.24. The Bertz CT molecular complexity index is 720. The van der Waals surface area contributed by atoms with Gasteiger partial charge in [-0.05, 0) is 18.9 Å². The van der Waals surface area contributed by atoms with Crippen LogP contribution in [-0.4, -0.2) is 48.0 Å². The molecule has 0 aliphatic carbocycles. The molecule has 1 atom stereocenters. The van der Waals surface area contributed by atoms with Gasteiger partial charge in [0.1, 0.15) is 5.82 Å². The minimum atomic E-state index is -0.193. The van der Waals surface area contributed by atoms with Crippen LogP contribution < -0.4 is 10.2 Å². The molecule has 3 heterocycles. The van der Waals surface area contributed by atoms with Crippen LogP contribution in [0.25, 0.3) is 0 Å². The number of anilines is 2. The quantitative estimate of drug-likeness (QED) is 0.929. The fraction of sp³-hybridized carbons (Fsp3) is 0.471. The van der Waals surface area contributed by atoms with E-state index in [1.165, 1.54) is 0 Å². The fourth-order valence-corrected chi connectivity index (χ4v) is 2.92. The van der Waals surface area contributed by atoms with Gasteiger partial charge in [-0.3, -0.25) is 14.5 Å². The summed E-state index contributed by atoms with van der Waals surface area (Å²) in [5.41, 5.74) is 2.32. The van der Waals surface area contributed by atoms with Crippen molar-refractivity contribution in [3.05, 3.63) is 35.8 Å². The highest BCUT2D eigenvalue weighted by molar-refractivity contribution is 6.07. The Balaban J connectivity index is 1.79. The van der Waals surface area contributed by atoms with E-state index in [1.54, 1.807) is 17.1 Å². The smallest absolute Gasteiger partial charge is 0.260 e. The topological polar surface area (TPSA) is 72.3 Å². The third-order valence-corrected chi connectivity index (χ3v) is 4.24. The van der Waals surface area contributed by atoms with Gasteiger partial charge in [-0.2, -0.15) is 5.10 Å². The number of hydrogen-bond donors (Lipinski definition) is 1. The molecule has 0 bridgehead atoms. The molecule has 128 valence electrons. The Labute approximate surface area is 141 Å². The summed E-state index contributed by atoms with van der Waals surface area (Å²) in [4.78, 5) is 18.6. The standard InChI is InChI=1S/C17H23N5O2/c1-21(2)15-6-7-18-10-13(15)17(23)19-16-9-14(20-22(16)3)12-5-4-8-24-11-12/h6-7,9-10,12H,4-5,8,11H2,1-3H3,(H,19,23). The van der Waals surface area contributed by atoms with Crippen LogP contribution in [0.2, 0.25) is 0 Å². The molecule has 7 heteroatoms. The lowest BCUT2D eigenvalue weighted by molar-refractivity contribution is 0.0791. The van der Waals surface area contributed by atoms with E-state index in [2.05, 4.69) is 15.4 Å². The molecule has 1 amide bonds. The molecule has 0 saturated carbocycles. The molecule has 0 spiro atoms. The Hall–Kier alpha value is -2.41. The maximum absolute atomic E-state index is 12.6. The largest absolute Gasteiger partial charge is 0.381 e. The molecule has 2 aromatic heterocycles. The minimum absolute atomic E-state index is 0.193. The fourth-order valence-electron chi connectivity index (χ4n) is 2.92. The Morgan fingerprint density at radius 1 is 1.46 bits per heavy atom. The number of aryl methyl sites for hydroxylation is 1. The van der Waals surface area contributed by atoms with Gasteiger partial charge in [0.15, 0.2) is 0 Å². The second kappa shape index (κ2) is 7.00. The predicted molar refractivity (Wildman–Crippen MR) is 92.5 cm³/mol. The van der Waals surface area contributed by atoms with Crippen LogP contribution in [0.1, 0.15) is 34.8 Å². The van der Waals surface area contributed by atoms with Gasteiger partial charge in [0.05, 0.1) is 23.6 Å². The molecule has 0 aromatic carbocycles. The molecule has 7 nitrogen and oxygen atoms in total. The lowest BCUT2D eigenvalue weighted by Gasteiger charge is -2.19. The minimum Gasteiger partial charge on any atom is -0.381 e. The van der Waals surface area contributed by atoms with Crippen molar-refractivity contribution in [2.24, 2.45) is 7.05 Å². The Morgan fingerprint density at radius 2 is 2.29 bits per heavy atom. The van der Waals surface area contributed by atoms with Crippen molar-refractivity contribution in [1.29, 1.82) is 0 Å². The molecule has 24 heavy (non-hydrogen) atoms. The van der Waals surface area contributed by atoms with Crippen molar-refractivity contribution in [1.82, 2.24) is 14.8 Å². The highest BCUT2D eigenvalue weighted by Gasteiger charge is 2.21. The molecule has 1 N–H and O–H groups in total. The number of hydrogen-bond acceptors (Lipinski definition) is 5. The molecule has 1 unspecified atom stereocenters. The van der Waals surface area contributed by atoms with Gasteiger partial charge >= 0.3 is 0 Å². The monoisotopic (exact) mass is 329 g/mol. The number of nitrogens with one attached hydrogen (secondary N) is 1. The number of carbonyl (C=O) groups is 1. The van der Waals surface area contributed by atoms with Gasteiger partial charge in [-0.15, -0.1) is 0 Å². The molecule has 1 aliphatic rings. The maximum Gasteiger partial charge on any atom is 0.260 e. The summed E-state index contributed by atoms with van der Waals surface area (Å²) < 4.78 is 7.23. The van der Waals surface area contributed by atoms with E-state index >= 15 is 0 Å². The van der Waals surface area contributed by atoms with Gasteiger partial charge in [0, 0.05) is 52.1 Å². The highest BCUT2D eigenvalue weighted by atomic mass is 16.5. The first kappa shape index (κ1) is 16.4. The summed E-state index contributed by atoms with van der Waals surface area (Å²) in [7, 11) is 5.63. The molecule has 3 rings (SSSR count). The van der Waals surface area contributed by atoms with Crippen molar-refractivity contribution >= 4 is 17.4 Å². The van der Waals surface area contributed by atoms with Gasteiger partial charge in [-0.1, -0.05) is 0 Å². The number of amides is 1. The summed E-state index contributed by atoms with van der Waals surface area (Å²) in [6.07, 6.45) is 5.37. The number of aromatic nitrogens is 3. The van der Waals surface area contributed by atoms with E-state index < -0.39 is 0 Å². The number of rotatable bonds is 4. The first-order chi connectivity index (χ1) is 11.6. The van der Waals surface area contributed by atoms with Crippen LogP contribution in [0, 0.1) is 0 Å². The van der Waals surface area contributed by atoms with E-state index in [0.717, 1.165) is 30.8 Å². The summed E-state index contributed by atoms with van der Waals surface area (Å²) in [6, 6.07) is 3.76. The summed E-state index contributed by atoms with van der Waals surface area (Å²) in [6.45, 7) is 1.51. The van der Waals surface area contributed by atoms with Crippen LogP contribution in [0.5, 0.6) is 0 Å². The van der Waals surface area contributed by atoms with E-state index in [4.69, 9.17) is 4.74 Å². The van der Waals surface area contributed by atoms with Crippen LogP contribution in [0.4, 0.5) is 11.5 Å². The Morgan fingerprint density at radius 3 is 3.00 bits per heavy atom. The summed E-state index contributed by atoms with van der Waals surface area (Å²) in [5, 5.41) is 7.47. The number of nitrogens with zero attached hydrogens (tertiary/aromatic N) is 4.